The first kappa shape index (κ1) is 23.5. The zero-order valence-electron chi connectivity index (χ0n) is 15.4. The average Bonchev–Trinajstić information content (AvgIpc) is 2.59. The molecule has 27 heavy (non-hydrogen) atoms. The third kappa shape index (κ3) is 8.79. The Kier molecular flexibility index (Phi) is 10.5. The van der Waals surface area contributed by atoms with Crippen molar-refractivity contribution in [3.8, 4) is 5.75 Å². The second-order valence-corrected chi connectivity index (χ2v) is 6.91. The molecule has 1 aromatic carbocycles. The summed E-state index contributed by atoms with van der Waals surface area (Å²) in [6.07, 6.45) is 1.74. The number of carboxylic acid groups (broad SMARTS) is 1. The fourth-order valence-corrected chi connectivity index (χ4v) is 3.22. The average molecular weight is 420 g/mol. The lowest BCUT2D eigenvalue weighted by Gasteiger charge is -2.35. The van der Waals surface area contributed by atoms with Crippen LogP contribution in [-0.2, 0) is 9.59 Å². The number of halogens is 2. The summed E-state index contributed by atoms with van der Waals surface area (Å²) in [5, 5.41) is 12.3. The second-order valence-electron chi connectivity index (χ2n) is 6.47. The van der Waals surface area contributed by atoms with E-state index in [9.17, 15) is 9.59 Å². The monoisotopic (exact) mass is 419 g/mol. The lowest BCUT2D eigenvalue weighted by Crippen LogP contribution is -2.47. The molecule has 152 valence electrons. The van der Waals surface area contributed by atoms with Gasteiger partial charge >= 0.3 is 5.97 Å². The largest absolute Gasteiger partial charge is 0.492 e. The lowest BCUT2D eigenvalue weighted by atomic mass is 10.0. The van der Waals surface area contributed by atoms with Crippen molar-refractivity contribution in [2.45, 2.75) is 18.9 Å². The maximum atomic E-state index is 12.0. The van der Waals surface area contributed by atoms with Crippen molar-refractivity contribution in [2.75, 3.05) is 46.4 Å². The molecule has 1 aliphatic rings. The van der Waals surface area contributed by atoms with Crippen LogP contribution < -0.4 is 10.1 Å². The molecule has 1 aliphatic heterocycles. The summed E-state index contributed by atoms with van der Waals surface area (Å²) in [6.45, 7) is 2.81. The van der Waals surface area contributed by atoms with E-state index < -0.39 is 5.97 Å². The first-order valence-electron chi connectivity index (χ1n) is 8.73. The first-order valence-corrected chi connectivity index (χ1v) is 9.11. The SMILES string of the molecule is CN(CC(=O)O)C1CCN(CC(=O)NCCOc2cccc(Cl)c2)CC1.Cl. The van der Waals surface area contributed by atoms with E-state index in [0.29, 0.717) is 30.5 Å². The molecule has 2 N–H and O–H groups in total. The van der Waals surface area contributed by atoms with Crippen molar-refractivity contribution in [3.63, 3.8) is 0 Å². The molecule has 0 bridgehead atoms. The highest BCUT2D eigenvalue weighted by Gasteiger charge is 2.24. The summed E-state index contributed by atoms with van der Waals surface area (Å²) in [4.78, 5) is 26.8. The van der Waals surface area contributed by atoms with Gasteiger partial charge in [-0.15, -0.1) is 12.4 Å². The maximum Gasteiger partial charge on any atom is 0.317 e. The predicted octanol–water partition coefficient (Wildman–Crippen LogP) is 1.74. The number of likely N-dealkylation sites (tertiary alicyclic amines) is 1. The van der Waals surface area contributed by atoms with Gasteiger partial charge in [0.25, 0.3) is 0 Å². The molecule has 2 rings (SSSR count). The molecule has 0 aromatic heterocycles. The quantitative estimate of drug-likeness (QED) is 0.593. The zero-order chi connectivity index (χ0) is 18.9. The number of amides is 1. The number of hydrogen-bond acceptors (Lipinski definition) is 5. The number of ether oxygens (including phenoxy) is 1. The van der Waals surface area contributed by atoms with Gasteiger partial charge in [-0.2, -0.15) is 0 Å². The van der Waals surface area contributed by atoms with Gasteiger partial charge in [-0.1, -0.05) is 17.7 Å². The van der Waals surface area contributed by atoms with E-state index in [-0.39, 0.29) is 30.9 Å². The second kappa shape index (κ2) is 12.0. The van der Waals surface area contributed by atoms with Gasteiger partial charge in [-0.05, 0) is 38.1 Å². The van der Waals surface area contributed by atoms with Gasteiger partial charge in [-0.3, -0.25) is 19.4 Å². The van der Waals surface area contributed by atoms with E-state index in [4.69, 9.17) is 21.4 Å². The Bertz CT molecular complexity index is 610. The number of rotatable bonds is 9. The van der Waals surface area contributed by atoms with Gasteiger partial charge in [-0.25, -0.2) is 0 Å². The van der Waals surface area contributed by atoms with Crippen LogP contribution in [0.3, 0.4) is 0 Å². The van der Waals surface area contributed by atoms with E-state index in [1.54, 1.807) is 12.1 Å². The summed E-state index contributed by atoms with van der Waals surface area (Å²) < 4.78 is 5.53. The van der Waals surface area contributed by atoms with E-state index >= 15 is 0 Å². The normalized spacial score (nSPS) is 15.2. The number of benzene rings is 1. The Hall–Kier alpha value is -1.54. The van der Waals surface area contributed by atoms with E-state index in [2.05, 4.69) is 10.2 Å². The van der Waals surface area contributed by atoms with Crippen LogP contribution in [0.1, 0.15) is 12.8 Å². The molecule has 9 heteroatoms. The Morgan fingerprint density at radius 3 is 2.70 bits per heavy atom. The molecular formula is C18H27Cl2N3O4. The van der Waals surface area contributed by atoms with Gasteiger partial charge < -0.3 is 15.2 Å². The fraction of sp³-hybridized carbons (Fsp3) is 0.556. The molecule has 1 saturated heterocycles. The number of carbonyl (C=O) groups excluding carboxylic acids is 1. The van der Waals surface area contributed by atoms with Crippen molar-refractivity contribution in [3.05, 3.63) is 29.3 Å². The number of nitrogens with zero attached hydrogens (tertiary/aromatic N) is 2. The van der Waals surface area contributed by atoms with Crippen LogP contribution >= 0.6 is 24.0 Å². The summed E-state index contributed by atoms with van der Waals surface area (Å²) >= 11 is 5.88. The molecule has 7 nitrogen and oxygen atoms in total. The number of piperidine rings is 1. The van der Waals surface area contributed by atoms with E-state index in [0.717, 1.165) is 25.9 Å². The predicted molar refractivity (Wildman–Crippen MR) is 107 cm³/mol. The summed E-state index contributed by atoms with van der Waals surface area (Å²) in [6, 6.07) is 7.40. The van der Waals surface area contributed by atoms with Gasteiger partial charge in [0.2, 0.25) is 5.91 Å². The lowest BCUT2D eigenvalue weighted by molar-refractivity contribution is -0.138. The summed E-state index contributed by atoms with van der Waals surface area (Å²) in [5.74, 6) is -0.161. The molecule has 1 aromatic rings. The van der Waals surface area contributed by atoms with Crippen molar-refractivity contribution in [2.24, 2.45) is 0 Å². The fourth-order valence-electron chi connectivity index (χ4n) is 3.04. The minimum Gasteiger partial charge on any atom is -0.492 e. The van der Waals surface area contributed by atoms with Crippen molar-refractivity contribution in [1.29, 1.82) is 0 Å². The highest BCUT2D eigenvalue weighted by atomic mass is 35.5. The van der Waals surface area contributed by atoms with Crippen LogP contribution in [0.15, 0.2) is 24.3 Å². The molecule has 0 spiro atoms. The number of carboxylic acids is 1. The van der Waals surface area contributed by atoms with Crippen LogP contribution in [-0.4, -0.2) is 79.2 Å². The van der Waals surface area contributed by atoms with Crippen LogP contribution in [0.2, 0.25) is 5.02 Å². The van der Waals surface area contributed by atoms with Crippen LogP contribution in [0, 0.1) is 0 Å². The number of nitrogens with one attached hydrogen (secondary N) is 1. The molecule has 0 aliphatic carbocycles. The van der Waals surface area contributed by atoms with Crippen LogP contribution in [0.5, 0.6) is 5.75 Å². The van der Waals surface area contributed by atoms with Crippen LogP contribution in [0.25, 0.3) is 0 Å². The zero-order valence-corrected chi connectivity index (χ0v) is 17.0. The van der Waals surface area contributed by atoms with Gasteiger partial charge in [0.1, 0.15) is 12.4 Å². The Morgan fingerprint density at radius 1 is 1.37 bits per heavy atom. The maximum absolute atomic E-state index is 12.0. The Labute approximate surface area is 171 Å². The first-order chi connectivity index (χ1) is 12.4. The minimum atomic E-state index is -0.811. The van der Waals surface area contributed by atoms with Gasteiger partial charge in [0, 0.05) is 24.2 Å². The highest BCUT2D eigenvalue weighted by Crippen LogP contribution is 2.17. The molecule has 1 amide bonds. The Morgan fingerprint density at radius 2 is 2.07 bits per heavy atom. The summed E-state index contributed by atoms with van der Waals surface area (Å²) in [7, 11) is 1.83. The minimum absolute atomic E-state index is 0. The Balaban J connectivity index is 0.00000364. The standard InChI is InChI=1S/C18H26ClN3O4.ClH/c1-21(13-18(24)25)15-5-8-22(9-6-15)12-17(23)20-7-10-26-16-4-2-3-14(19)11-16;/h2-4,11,15H,5-10,12-13H2,1H3,(H,20,23)(H,24,25);1H. The van der Waals surface area contributed by atoms with E-state index in [1.165, 1.54) is 0 Å². The number of aliphatic carboxylic acids is 1. The molecular weight excluding hydrogens is 393 g/mol. The number of likely N-dealkylation sites (N-methyl/N-ethyl adjacent to an activating group) is 1. The van der Waals surface area contributed by atoms with Crippen molar-refractivity contribution >= 4 is 35.9 Å². The smallest absolute Gasteiger partial charge is 0.317 e. The molecule has 0 radical (unpaired) electrons. The number of hydrogen-bond donors (Lipinski definition) is 2. The van der Waals surface area contributed by atoms with Crippen LogP contribution in [0.4, 0.5) is 0 Å². The molecule has 1 fully saturated rings. The number of carbonyl (C=O) groups is 2. The topological polar surface area (TPSA) is 82.1 Å². The molecule has 0 atom stereocenters. The molecule has 1 heterocycles. The van der Waals surface area contributed by atoms with E-state index in [1.807, 2.05) is 24.1 Å². The van der Waals surface area contributed by atoms with Crippen molar-refractivity contribution in [1.82, 2.24) is 15.1 Å². The van der Waals surface area contributed by atoms with Gasteiger partial charge in [0.05, 0.1) is 19.6 Å². The third-order valence-corrected chi connectivity index (χ3v) is 4.66. The van der Waals surface area contributed by atoms with Crippen molar-refractivity contribution < 1.29 is 19.4 Å². The third-order valence-electron chi connectivity index (χ3n) is 4.42. The highest BCUT2D eigenvalue weighted by molar-refractivity contribution is 6.30. The summed E-state index contributed by atoms with van der Waals surface area (Å²) in [5.41, 5.74) is 0. The van der Waals surface area contributed by atoms with Gasteiger partial charge in [0.15, 0.2) is 0 Å². The molecule has 0 unspecified atom stereocenters. The molecule has 0 saturated carbocycles.